The van der Waals surface area contributed by atoms with Crippen molar-refractivity contribution in [3.63, 3.8) is 0 Å². The highest BCUT2D eigenvalue weighted by Gasteiger charge is 2.16. The number of nitriles is 1. The Balaban J connectivity index is 2.30. The van der Waals surface area contributed by atoms with Crippen LogP contribution in [0.3, 0.4) is 0 Å². The average molecular weight is 248 g/mol. The molecular weight excluding hydrogens is 232 g/mol. The molecule has 0 saturated carbocycles. The van der Waals surface area contributed by atoms with Crippen molar-refractivity contribution >= 4 is 17.6 Å². The molecule has 1 aromatic heterocycles. The van der Waals surface area contributed by atoms with Crippen LogP contribution in [0.25, 0.3) is 0 Å². The first-order valence-electron chi connectivity index (χ1n) is 5.91. The summed E-state index contributed by atoms with van der Waals surface area (Å²) in [6.45, 7) is 2.00. The third-order valence-electron chi connectivity index (χ3n) is 2.96. The van der Waals surface area contributed by atoms with Gasteiger partial charge in [-0.15, -0.1) is 0 Å². The van der Waals surface area contributed by atoms with Gasteiger partial charge >= 0.3 is 0 Å². The van der Waals surface area contributed by atoms with E-state index in [1.807, 2.05) is 6.26 Å². The number of anilines is 1. The zero-order valence-corrected chi connectivity index (χ0v) is 10.8. The van der Waals surface area contributed by atoms with Crippen LogP contribution in [0.5, 0.6) is 0 Å². The van der Waals surface area contributed by atoms with E-state index in [0.29, 0.717) is 5.56 Å². The Morgan fingerprint density at radius 1 is 1.29 bits per heavy atom. The molecule has 2 heterocycles. The first-order chi connectivity index (χ1) is 8.35. The topological polar surface area (TPSA) is 52.8 Å². The molecule has 1 aromatic rings. The van der Waals surface area contributed by atoms with Crippen molar-refractivity contribution in [1.82, 2.24) is 9.97 Å². The Morgan fingerprint density at radius 2 is 2.00 bits per heavy atom. The van der Waals surface area contributed by atoms with Crippen LogP contribution in [-0.4, -0.2) is 29.3 Å². The number of hydrogen-bond donors (Lipinski definition) is 0. The van der Waals surface area contributed by atoms with Gasteiger partial charge in [-0.2, -0.15) is 5.26 Å². The molecule has 0 spiro atoms. The van der Waals surface area contributed by atoms with Crippen LogP contribution in [0.2, 0.25) is 0 Å². The van der Waals surface area contributed by atoms with E-state index in [4.69, 9.17) is 5.26 Å². The first kappa shape index (κ1) is 12.2. The zero-order valence-electron chi connectivity index (χ0n) is 10.0. The molecule has 1 saturated heterocycles. The Kier molecular flexibility index (Phi) is 4.21. The third-order valence-corrected chi connectivity index (χ3v) is 3.52. The third kappa shape index (κ3) is 2.89. The molecule has 5 heteroatoms. The highest BCUT2D eigenvalue weighted by molar-refractivity contribution is 7.98. The standard InChI is InChI=1S/C12H16N4S/c1-17-12-14-9-10(8-13)11(15-12)16-6-4-2-3-5-7-16/h9H,2-7H2,1H3. The van der Waals surface area contributed by atoms with Crippen molar-refractivity contribution in [2.24, 2.45) is 0 Å². The summed E-state index contributed by atoms with van der Waals surface area (Å²) in [5.41, 5.74) is 0.588. The van der Waals surface area contributed by atoms with Gasteiger partial charge in [-0.25, -0.2) is 9.97 Å². The van der Waals surface area contributed by atoms with Gasteiger partial charge in [-0.1, -0.05) is 24.6 Å². The molecule has 17 heavy (non-hydrogen) atoms. The van der Waals surface area contributed by atoms with E-state index >= 15 is 0 Å². The minimum atomic E-state index is 0.588. The highest BCUT2D eigenvalue weighted by Crippen LogP contribution is 2.22. The second-order valence-corrected chi connectivity index (χ2v) is 4.88. The van der Waals surface area contributed by atoms with Gasteiger partial charge in [-0.05, 0) is 19.1 Å². The fraction of sp³-hybridized carbons (Fsp3) is 0.583. The molecule has 0 aromatic carbocycles. The van der Waals surface area contributed by atoms with Crippen molar-refractivity contribution < 1.29 is 0 Å². The summed E-state index contributed by atoms with van der Waals surface area (Å²) in [4.78, 5) is 10.9. The molecule has 0 radical (unpaired) electrons. The van der Waals surface area contributed by atoms with E-state index in [-0.39, 0.29) is 0 Å². The van der Waals surface area contributed by atoms with E-state index in [0.717, 1.165) is 24.1 Å². The second-order valence-electron chi connectivity index (χ2n) is 4.11. The maximum absolute atomic E-state index is 9.12. The number of thioether (sulfide) groups is 1. The molecular formula is C12H16N4S. The van der Waals surface area contributed by atoms with Gasteiger partial charge in [0.05, 0.1) is 6.20 Å². The summed E-state index contributed by atoms with van der Waals surface area (Å²) < 4.78 is 0. The fourth-order valence-electron chi connectivity index (χ4n) is 2.06. The van der Waals surface area contributed by atoms with Gasteiger partial charge in [0, 0.05) is 13.1 Å². The van der Waals surface area contributed by atoms with Gasteiger partial charge in [0.2, 0.25) is 0 Å². The lowest BCUT2D eigenvalue weighted by atomic mass is 10.2. The minimum Gasteiger partial charge on any atom is -0.355 e. The minimum absolute atomic E-state index is 0.588. The van der Waals surface area contributed by atoms with E-state index in [9.17, 15) is 0 Å². The molecule has 0 amide bonds. The fourth-order valence-corrected chi connectivity index (χ4v) is 2.39. The van der Waals surface area contributed by atoms with Crippen LogP contribution >= 0.6 is 11.8 Å². The number of nitrogens with zero attached hydrogens (tertiary/aromatic N) is 4. The van der Waals surface area contributed by atoms with Crippen molar-refractivity contribution in [1.29, 1.82) is 5.26 Å². The average Bonchev–Trinajstić information content (AvgIpc) is 2.66. The second kappa shape index (κ2) is 5.87. The normalized spacial score (nSPS) is 16.4. The molecule has 90 valence electrons. The van der Waals surface area contributed by atoms with Gasteiger partial charge in [-0.3, -0.25) is 0 Å². The van der Waals surface area contributed by atoms with Crippen LogP contribution in [0, 0.1) is 11.3 Å². The Labute approximate surface area is 106 Å². The summed E-state index contributed by atoms with van der Waals surface area (Å²) in [6, 6.07) is 2.19. The maximum Gasteiger partial charge on any atom is 0.189 e. The van der Waals surface area contributed by atoms with Gasteiger partial charge in [0.1, 0.15) is 11.6 Å². The van der Waals surface area contributed by atoms with Crippen molar-refractivity contribution in [3.05, 3.63) is 11.8 Å². The molecule has 0 atom stereocenters. The monoisotopic (exact) mass is 248 g/mol. The van der Waals surface area contributed by atoms with E-state index < -0.39 is 0 Å². The molecule has 0 unspecified atom stereocenters. The highest BCUT2D eigenvalue weighted by atomic mass is 32.2. The Morgan fingerprint density at radius 3 is 2.59 bits per heavy atom. The van der Waals surface area contributed by atoms with Crippen LogP contribution in [-0.2, 0) is 0 Å². The summed E-state index contributed by atoms with van der Waals surface area (Å²) >= 11 is 1.51. The SMILES string of the molecule is CSc1ncc(C#N)c(N2CCCCCC2)n1. The number of aromatic nitrogens is 2. The van der Waals surface area contributed by atoms with E-state index in [2.05, 4.69) is 20.9 Å². The molecule has 0 aliphatic carbocycles. The Bertz CT molecular complexity index is 419. The lowest BCUT2D eigenvalue weighted by Crippen LogP contribution is -2.26. The van der Waals surface area contributed by atoms with Gasteiger partial charge in [0.25, 0.3) is 0 Å². The largest absolute Gasteiger partial charge is 0.355 e. The molecule has 2 rings (SSSR count). The lowest BCUT2D eigenvalue weighted by molar-refractivity contribution is 0.726. The smallest absolute Gasteiger partial charge is 0.189 e. The van der Waals surface area contributed by atoms with Crippen LogP contribution < -0.4 is 4.90 Å². The van der Waals surface area contributed by atoms with Crippen molar-refractivity contribution in [2.75, 3.05) is 24.2 Å². The predicted molar refractivity (Wildman–Crippen MR) is 69.2 cm³/mol. The Hall–Kier alpha value is -1.28. The predicted octanol–water partition coefficient (Wildman–Crippen LogP) is 2.45. The number of rotatable bonds is 2. The van der Waals surface area contributed by atoms with Crippen molar-refractivity contribution in [3.8, 4) is 6.07 Å². The number of hydrogen-bond acceptors (Lipinski definition) is 5. The summed E-state index contributed by atoms with van der Waals surface area (Å²) in [7, 11) is 0. The summed E-state index contributed by atoms with van der Waals surface area (Å²) in [5, 5.41) is 9.86. The first-order valence-corrected chi connectivity index (χ1v) is 7.13. The molecule has 0 bridgehead atoms. The molecule has 1 fully saturated rings. The van der Waals surface area contributed by atoms with Gasteiger partial charge in [0.15, 0.2) is 11.0 Å². The van der Waals surface area contributed by atoms with Crippen molar-refractivity contribution in [2.45, 2.75) is 30.8 Å². The molecule has 1 aliphatic rings. The quantitative estimate of drug-likeness (QED) is 0.594. The van der Waals surface area contributed by atoms with Crippen LogP contribution in [0.4, 0.5) is 5.82 Å². The molecule has 4 nitrogen and oxygen atoms in total. The lowest BCUT2D eigenvalue weighted by Gasteiger charge is -2.22. The van der Waals surface area contributed by atoms with Gasteiger partial charge < -0.3 is 4.90 Å². The molecule has 0 N–H and O–H groups in total. The van der Waals surface area contributed by atoms with E-state index in [1.165, 1.54) is 37.4 Å². The van der Waals surface area contributed by atoms with Crippen LogP contribution in [0.1, 0.15) is 31.2 Å². The zero-order chi connectivity index (χ0) is 12.1. The molecule has 1 aliphatic heterocycles. The summed E-state index contributed by atoms with van der Waals surface area (Å²) in [5.74, 6) is 0.814. The van der Waals surface area contributed by atoms with E-state index in [1.54, 1.807) is 6.20 Å². The maximum atomic E-state index is 9.12. The summed E-state index contributed by atoms with van der Waals surface area (Å²) in [6.07, 6.45) is 8.51. The van der Waals surface area contributed by atoms with Crippen LogP contribution in [0.15, 0.2) is 11.4 Å².